The highest BCUT2D eigenvalue weighted by Gasteiger charge is 2.27. The lowest BCUT2D eigenvalue weighted by molar-refractivity contribution is -0.117. The summed E-state index contributed by atoms with van der Waals surface area (Å²) in [5.74, 6) is -3.28. The Hall–Kier alpha value is -4.01. The molecule has 2 aromatic carbocycles. The molecular weight excluding hydrogens is 602 g/mol. The Bertz CT molecular complexity index is 1430. The number of nitrogens with two attached hydrogens (primary N) is 2. The van der Waals surface area contributed by atoms with Crippen LogP contribution in [0.3, 0.4) is 0 Å². The summed E-state index contributed by atoms with van der Waals surface area (Å²) in [5.41, 5.74) is 11.3. The molecule has 0 radical (unpaired) electrons. The lowest BCUT2D eigenvalue weighted by Gasteiger charge is -2.13. The van der Waals surface area contributed by atoms with Crippen molar-refractivity contribution >= 4 is 17.6 Å². The van der Waals surface area contributed by atoms with Gasteiger partial charge in [0.1, 0.15) is 11.6 Å². The first-order valence-corrected chi connectivity index (χ1v) is 15.1. The minimum atomic E-state index is -0.794. The van der Waals surface area contributed by atoms with Crippen LogP contribution in [-0.2, 0) is 30.2 Å². The van der Waals surface area contributed by atoms with E-state index in [1.54, 1.807) is 12.1 Å². The van der Waals surface area contributed by atoms with Gasteiger partial charge < -0.3 is 40.7 Å². The van der Waals surface area contributed by atoms with Gasteiger partial charge in [0, 0.05) is 49.0 Å². The van der Waals surface area contributed by atoms with Gasteiger partial charge in [0.25, 0.3) is 5.91 Å². The molecule has 2 amide bonds. The number of nitrogens with one attached hydrogen (secondary N) is 2. The number of ether oxygens (including phenoxy) is 4. The maximum absolute atomic E-state index is 15.1. The van der Waals surface area contributed by atoms with Crippen molar-refractivity contribution in [3.8, 4) is 11.1 Å². The van der Waals surface area contributed by atoms with E-state index in [0.717, 1.165) is 24.1 Å². The van der Waals surface area contributed by atoms with Crippen LogP contribution in [0.1, 0.15) is 50.4 Å². The van der Waals surface area contributed by atoms with Crippen LogP contribution in [0, 0.1) is 18.6 Å². The summed E-state index contributed by atoms with van der Waals surface area (Å²) in [5, 5.41) is 2.53. The molecule has 0 aliphatic rings. The van der Waals surface area contributed by atoms with Gasteiger partial charge in [-0.3, -0.25) is 14.4 Å². The number of H-pyrrole nitrogens is 1. The number of rotatable bonds is 22. The Kier molecular flexibility index (Phi) is 15.4. The summed E-state index contributed by atoms with van der Waals surface area (Å²) in [6.45, 7) is 5.73. The quantitative estimate of drug-likeness (QED) is 0.0956. The number of benzene rings is 2. The van der Waals surface area contributed by atoms with Gasteiger partial charge in [-0.1, -0.05) is 24.3 Å². The molecule has 6 N–H and O–H groups in total. The first-order valence-electron chi connectivity index (χ1n) is 15.1. The van der Waals surface area contributed by atoms with Crippen LogP contribution >= 0.6 is 0 Å². The summed E-state index contributed by atoms with van der Waals surface area (Å²) in [6, 6.07) is 8.83. The van der Waals surface area contributed by atoms with Gasteiger partial charge in [0.05, 0.1) is 57.5 Å². The van der Waals surface area contributed by atoms with E-state index in [-0.39, 0.29) is 40.9 Å². The van der Waals surface area contributed by atoms with Gasteiger partial charge in [0.2, 0.25) is 11.7 Å². The van der Waals surface area contributed by atoms with Gasteiger partial charge in [-0.15, -0.1) is 0 Å². The summed E-state index contributed by atoms with van der Waals surface area (Å²) >= 11 is 0. The van der Waals surface area contributed by atoms with Gasteiger partial charge in [-0.05, 0) is 43.0 Å². The van der Waals surface area contributed by atoms with E-state index in [1.165, 1.54) is 13.1 Å². The smallest absolute Gasteiger partial charge is 0.253 e. The molecule has 1 aromatic heterocycles. The number of aromatic amines is 1. The van der Waals surface area contributed by atoms with Crippen LogP contribution in [-0.4, -0.2) is 88.5 Å². The normalized spacial score (nSPS) is 11.1. The van der Waals surface area contributed by atoms with E-state index in [9.17, 15) is 18.8 Å². The predicted octanol–water partition coefficient (Wildman–Crippen LogP) is 3.06. The molecule has 0 atom stereocenters. The molecule has 0 saturated heterocycles. The number of ketones is 1. The summed E-state index contributed by atoms with van der Waals surface area (Å²) in [4.78, 5) is 40.5. The molecule has 0 spiro atoms. The predicted molar refractivity (Wildman–Crippen MR) is 168 cm³/mol. The number of carbonyl (C=O) groups is 3. The van der Waals surface area contributed by atoms with Crippen molar-refractivity contribution < 1.29 is 42.1 Å². The van der Waals surface area contributed by atoms with Crippen LogP contribution in [0.25, 0.3) is 11.1 Å². The number of aryl methyl sites for hydroxylation is 1. The maximum atomic E-state index is 15.1. The molecular formula is C33H42F2N4O7. The first kappa shape index (κ1) is 36.5. The Morgan fingerprint density at radius 2 is 1.39 bits per heavy atom. The van der Waals surface area contributed by atoms with Gasteiger partial charge in [-0.25, -0.2) is 8.78 Å². The number of primary amides is 1. The number of aromatic nitrogens is 1. The van der Waals surface area contributed by atoms with Crippen LogP contribution < -0.4 is 16.8 Å². The van der Waals surface area contributed by atoms with Gasteiger partial charge in [-0.2, -0.15) is 0 Å². The zero-order valence-corrected chi connectivity index (χ0v) is 26.0. The number of hydrogen-bond acceptors (Lipinski definition) is 8. The first-order chi connectivity index (χ1) is 22.2. The largest absolute Gasteiger partial charge is 0.379 e. The van der Waals surface area contributed by atoms with E-state index in [2.05, 4.69) is 10.3 Å². The van der Waals surface area contributed by atoms with Crippen LogP contribution in [0.5, 0.6) is 0 Å². The van der Waals surface area contributed by atoms with Crippen molar-refractivity contribution in [2.24, 2.45) is 11.5 Å². The monoisotopic (exact) mass is 644 g/mol. The van der Waals surface area contributed by atoms with Crippen molar-refractivity contribution in [1.29, 1.82) is 0 Å². The number of amides is 2. The Morgan fingerprint density at radius 1 is 0.804 bits per heavy atom. The lowest BCUT2D eigenvalue weighted by atomic mass is 9.92. The molecule has 250 valence electrons. The molecule has 3 rings (SSSR count). The third-order valence-corrected chi connectivity index (χ3v) is 6.96. The standard InChI is InChI=1S/C33H42F2N4O7/c1-22-26(34)8-9-27(35)29(22)30-25(33(42)38-12-10-28(37)40)21-39-31(30)32(41)24-6-4-23(5-7-24)3-2-13-43-15-17-45-19-20-46-18-16-44-14-11-36/h4-9,21,39H,2-3,10-20,36H2,1H3,(H2,37,40)(H,38,42). The van der Waals surface area contributed by atoms with Crippen LogP contribution in [0.4, 0.5) is 8.78 Å². The molecule has 46 heavy (non-hydrogen) atoms. The summed E-state index contributed by atoms with van der Waals surface area (Å²) in [7, 11) is 0. The summed E-state index contributed by atoms with van der Waals surface area (Å²) < 4.78 is 51.3. The number of halogens is 2. The minimum absolute atomic E-state index is 0.0572. The van der Waals surface area contributed by atoms with Gasteiger partial charge >= 0.3 is 0 Å². The molecule has 0 fully saturated rings. The van der Waals surface area contributed by atoms with Gasteiger partial charge in [0.15, 0.2) is 0 Å². The Balaban J connectivity index is 1.55. The van der Waals surface area contributed by atoms with Crippen molar-refractivity contribution in [2.75, 3.05) is 65.9 Å². The number of carbonyl (C=O) groups excluding carboxylic acids is 3. The summed E-state index contributed by atoms with van der Waals surface area (Å²) in [6.07, 6.45) is 2.63. The fraction of sp³-hybridized carbons (Fsp3) is 0.424. The highest BCUT2D eigenvalue weighted by Crippen LogP contribution is 2.35. The lowest BCUT2D eigenvalue weighted by Crippen LogP contribution is -2.28. The third-order valence-electron chi connectivity index (χ3n) is 6.96. The van der Waals surface area contributed by atoms with E-state index < -0.39 is 29.2 Å². The Labute approximate surface area is 266 Å². The second-order valence-corrected chi connectivity index (χ2v) is 10.3. The highest BCUT2D eigenvalue weighted by atomic mass is 19.1. The molecule has 13 heteroatoms. The Morgan fingerprint density at radius 3 is 2.00 bits per heavy atom. The van der Waals surface area contributed by atoms with Crippen LogP contribution in [0.15, 0.2) is 42.6 Å². The molecule has 0 aliphatic heterocycles. The average Bonchev–Trinajstić information content (AvgIpc) is 3.47. The topological polar surface area (TPSA) is 168 Å². The van der Waals surface area contributed by atoms with Crippen molar-refractivity contribution in [1.82, 2.24) is 10.3 Å². The van der Waals surface area contributed by atoms with E-state index in [1.807, 2.05) is 12.1 Å². The second-order valence-electron chi connectivity index (χ2n) is 10.3. The van der Waals surface area contributed by atoms with Crippen molar-refractivity contribution in [3.05, 3.63) is 82.2 Å². The molecule has 3 aromatic rings. The van der Waals surface area contributed by atoms with Crippen molar-refractivity contribution in [3.63, 3.8) is 0 Å². The molecule has 0 aliphatic carbocycles. The zero-order chi connectivity index (χ0) is 33.3. The van der Waals surface area contributed by atoms with E-state index in [4.69, 9.17) is 30.4 Å². The average molecular weight is 645 g/mol. The molecule has 1 heterocycles. The van der Waals surface area contributed by atoms with E-state index in [0.29, 0.717) is 71.4 Å². The number of hydrogen-bond donors (Lipinski definition) is 4. The molecule has 0 bridgehead atoms. The SMILES string of the molecule is Cc1c(F)ccc(F)c1-c1c(C(=O)NCCC(N)=O)c[nH]c1C(=O)c1ccc(CCCOCCOCCOCCOCCN)cc1. The second kappa shape index (κ2) is 19.5. The molecule has 11 nitrogen and oxygen atoms in total. The van der Waals surface area contributed by atoms with Crippen molar-refractivity contribution in [2.45, 2.75) is 26.2 Å². The zero-order valence-electron chi connectivity index (χ0n) is 26.0. The molecule has 0 unspecified atom stereocenters. The highest BCUT2D eigenvalue weighted by molar-refractivity contribution is 6.15. The maximum Gasteiger partial charge on any atom is 0.253 e. The fourth-order valence-corrected chi connectivity index (χ4v) is 4.59. The minimum Gasteiger partial charge on any atom is -0.379 e. The fourth-order valence-electron chi connectivity index (χ4n) is 4.59. The van der Waals surface area contributed by atoms with Crippen LogP contribution in [0.2, 0.25) is 0 Å². The molecule has 0 saturated carbocycles. The van der Waals surface area contributed by atoms with E-state index >= 15 is 4.39 Å². The third kappa shape index (κ3) is 11.1.